The van der Waals surface area contributed by atoms with Gasteiger partial charge in [0.05, 0.1) is 0 Å². The van der Waals surface area contributed by atoms with Crippen LogP contribution in [0.15, 0.2) is 0 Å². The molecule has 1 fully saturated rings. The van der Waals surface area contributed by atoms with Gasteiger partial charge in [-0.1, -0.05) is 34.6 Å². The van der Waals surface area contributed by atoms with Crippen LogP contribution in [-0.2, 0) is 4.79 Å². The van der Waals surface area contributed by atoms with Crippen molar-refractivity contribution in [3.8, 4) is 0 Å². The van der Waals surface area contributed by atoms with Crippen molar-refractivity contribution in [2.75, 3.05) is 19.6 Å². The molecule has 19 heavy (non-hydrogen) atoms. The van der Waals surface area contributed by atoms with E-state index < -0.39 is 0 Å². The van der Waals surface area contributed by atoms with Crippen LogP contribution in [0.2, 0.25) is 0 Å². The van der Waals surface area contributed by atoms with Crippen LogP contribution in [-0.4, -0.2) is 25.5 Å². The van der Waals surface area contributed by atoms with Crippen molar-refractivity contribution < 1.29 is 4.79 Å². The maximum absolute atomic E-state index is 12.0. The van der Waals surface area contributed by atoms with Crippen LogP contribution >= 0.6 is 0 Å². The van der Waals surface area contributed by atoms with E-state index in [2.05, 4.69) is 45.3 Å². The van der Waals surface area contributed by atoms with E-state index >= 15 is 0 Å². The number of nitrogens with one attached hydrogen (secondary N) is 2. The molecule has 0 aliphatic carbocycles. The summed E-state index contributed by atoms with van der Waals surface area (Å²) >= 11 is 0. The van der Waals surface area contributed by atoms with Gasteiger partial charge in [-0.05, 0) is 49.1 Å². The Bertz CT molecular complexity index is 288. The highest BCUT2D eigenvalue weighted by atomic mass is 16.1. The molecule has 112 valence electrons. The minimum absolute atomic E-state index is 0.219. The van der Waals surface area contributed by atoms with E-state index in [4.69, 9.17) is 0 Å². The topological polar surface area (TPSA) is 41.1 Å². The maximum atomic E-state index is 12.0. The second-order valence-corrected chi connectivity index (χ2v) is 7.91. The van der Waals surface area contributed by atoms with Gasteiger partial charge in [0, 0.05) is 13.0 Å². The van der Waals surface area contributed by atoms with Gasteiger partial charge >= 0.3 is 0 Å². The molecule has 1 heterocycles. The Morgan fingerprint density at radius 1 is 1.32 bits per heavy atom. The van der Waals surface area contributed by atoms with E-state index in [0.29, 0.717) is 17.8 Å². The van der Waals surface area contributed by atoms with Crippen molar-refractivity contribution in [1.29, 1.82) is 0 Å². The lowest BCUT2D eigenvalue weighted by atomic mass is 9.81. The molecular weight excluding hydrogens is 236 g/mol. The Hall–Kier alpha value is -0.570. The van der Waals surface area contributed by atoms with Crippen molar-refractivity contribution >= 4 is 5.91 Å². The molecule has 3 heteroatoms. The lowest BCUT2D eigenvalue weighted by molar-refractivity contribution is -0.122. The third kappa shape index (κ3) is 6.95. The number of carbonyl (C=O) groups excluding carboxylic acids is 1. The molecule has 1 rings (SSSR count). The summed E-state index contributed by atoms with van der Waals surface area (Å²) in [6.07, 6.45) is 4.07. The lowest BCUT2D eigenvalue weighted by Crippen LogP contribution is -2.43. The van der Waals surface area contributed by atoms with Gasteiger partial charge in [0.1, 0.15) is 0 Å². The number of hydrogen-bond acceptors (Lipinski definition) is 2. The Labute approximate surface area is 118 Å². The summed E-state index contributed by atoms with van der Waals surface area (Å²) in [5, 5.41) is 6.52. The standard InChI is InChI=1S/C16H32N2O/c1-13(11-15(2,3)4)10-14(19)18-12-16(5)6-8-17-9-7-16/h13,17H,6-12H2,1-5H3,(H,18,19). The van der Waals surface area contributed by atoms with Crippen LogP contribution in [0.1, 0.15) is 60.3 Å². The Morgan fingerprint density at radius 2 is 1.89 bits per heavy atom. The van der Waals surface area contributed by atoms with E-state index in [1.807, 2.05) is 0 Å². The zero-order valence-electron chi connectivity index (χ0n) is 13.4. The second-order valence-electron chi connectivity index (χ2n) is 7.91. The predicted molar refractivity (Wildman–Crippen MR) is 81.1 cm³/mol. The monoisotopic (exact) mass is 268 g/mol. The summed E-state index contributed by atoms with van der Waals surface area (Å²) in [4.78, 5) is 12.0. The zero-order valence-corrected chi connectivity index (χ0v) is 13.4. The number of carbonyl (C=O) groups is 1. The minimum Gasteiger partial charge on any atom is -0.356 e. The van der Waals surface area contributed by atoms with Crippen LogP contribution in [0.4, 0.5) is 0 Å². The van der Waals surface area contributed by atoms with Gasteiger partial charge in [-0.3, -0.25) is 4.79 Å². The summed E-state index contributed by atoms with van der Waals surface area (Å²) in [6.45, 7) is 14.1. The zero-order chi connectivity index (χ0) is 14.5. The van der Waals surface area contributed by atoms with Gasteiger partial charge in [0.2, 0.25) is 5.91 Å². The van der Waals surface area contributed by atoms with E-state index in [0.717, 1.165) is 38.9 Å². The fourth-order valence-corrected chi connectivity index (χ4v) is 3.03. The van der Waals surface area contributed by atoms with Gasteiger partial charge in [-0.15, -0.1) is 0 Å². The van der Waals surface area contributed by atoms with Crippen LogP contribution in [0, 0.1) is 16.7 Å². The van der Waals surface area contributed by atoms with Crippen molar-refractivity contribution in [3.63, 3.8) is 0 Å². The van der Waals surface area contributed by atoms with Gasteiger partial charge in [0.15, 0.2) is 0 Å². The van der Waals surface area contributed by atoms with Crippen LogP contribution in [0.25, 0.3) is 0 Å². The SMILES string of the molecule is CC(CC(=O)NCC1(C)CCNCC1)CC(C)(C)C. The molecule has 0 spiro atoms. The highest BCUT2D eigenvalue weighted by molar-refractivity contribution is 5.76. The van der Waals surface area contributed by atoms with Gasteiger partial charge in [0.25, 0.3) is 0 Å². The van der Waals surface area contributed by atoms with Crippen LogP contribution < -0.4 is 10.6 Å². The van der Waals surface area contributed by atoms with Crippen molar-refractivity contribution in [2.45, 2.75) is 60.3 Å². The summed E-state index contributed by atoms with van der Waals surface area (Å²) in [5.74, 6) is 0.678. The summed E-state index contributed by atoms with van der Waals surface area (Å²) in [5.41, 5.74) is 0.592. The molecule has 1 unspecified atom stereocenters. The van der Waals surface area contributed by atoms with Crippen molar-refractivity contribution in [3.05, 3.63) is 0 Å². The Balaban J connectivity index is 2.27. The average molecular weight is 268 g/mol. The number of rotatable bonds is 5. The molecule has 1 aliphatic heterocycles. The molecule has 2 N–H and O–H groups in total. The van der Waals surface area contributed by atoms with Gasteiger partial charge < -0.3 is 10.6 Å². The van der Waals surface area contributed by atoms with Crippen molar-refractivity contribution in [2.24, 2.45) is 16.7 Å². The maximum Gasteiger partial charge on any atom is 0.220 e. The lowest BCUT2D eigenvalue weighted by Gasteiger charge is -2.34. The fourth-order valence-electron chi connectivity index (χ4n) is 3.03. The first-order chi connectivity index (χ1) is 8.70. The fraction of sp³-hybridized carbons (Fsp3) is 0.938. The first-order valence-electron chi connectivity index (χ1n) is 7.68. The largest absolute Gasteiger partial charge is 0.356 e. The molecule has 0 aromatic carbocycles. The highest BCUT2D eigenvalue weighted by Gasteiger charge is 2.27. The summed E-state index contributed by atoms with van der Waals surface area (Å²) in [7, 11) is 0. The molecule has 0 aromatic heterocycles. The second kappa shape index (κ2) is 6.74. The molecule has 3 nitrogen and oxygen atoms in total. The molecule has 0 aromatic rings. The summed E-state index contributed by atoms with van der Waals surface area (Å²) in [6, 6.07) is 0. The third-order valence-electron chi connectivity index (χ3n) is 4.02. The Kier molecular flexibility index (Phi) is 5.84. The first-order valence-corrected chi connectivity index (χ1v) is 7.68. The number of piperidine rings is 1. The molecule has 1 amide bonds. The highest BCUT2D eigenvalue weighted by Crippen LogP contribution is 2.28. The molecule has 0 saturated carbocycles. The minimum atomic E-state index is 0.219. The molecule has 1 saturated heterocycles. The smallest absolute Gasteiger partial charge is 0.220 e. The number of hydrogen-bond donors (Lipinski definition) is 2. The van der Waals surface area contributed by atoms with Crippen LogP contribution in [0.3, 0.4) is 0 Å². The summed E-state index contributed by atoms with van der Waals surface area (Å²) < 4.78 is 0. The molecule has 1 atom stereocenters. The van der Waals surface area contributed by atoms with E-state index in [1.54, 1.807) is 0 Å². The number of amides is 1. The van der Waals surface area contributed by atoms with E-state index in [9.17, 15) is 4.79 Å². The molecule has 1 aliphatic rings. The van der Waals surface area contributed by atoms with Crippen LogP contribution in [0.5, 0.6) is 0 Å². The third-order valence-corrected chi connectivity index (χ3v) is 4.02. The van der Waals surface area contributed by atoms with Gasteiger partial charge in [-0.2, -0.15) is 0 Å². The molecule has 0 bridgehead atoms. The average Bonchev–Trinajstić information content (AvgIpc) is 2.25. The van der Waals surface area contributed by atoms with E-state index in [-0.39, 0.29) is 11.3 Å². The Morgan fingerprint density at radius 3 is 2.42 bits per heavy atom. The molecule has 0 radical (unpaired) electrons. The van der Waals surface area contributed by atoms with Crippen molar-refractivity contribution in [1.82, 2.24) is 10.6 Å². The first kappa shape index (κ1) is 16.5. The molecular formula is C16H32N2O. The van der Waals surface area contributed by atoms with E-state index in [1.165, 1.54) is 0 Å². The van der Waals surface area contributed by atoms with Gasteiger partial charge in [-0.25, -0.2) is 0 Å². The quantitative estimate of drug-likeness (QED) is 0.805. The normalized spacial score (nSPS) is 20.9. The predicted octanol–water partition coefficient (Wildman–Crippen LogP) is 2.95.